The standard InChI is InChI=1S/C38H50N6O5S/c1-24-15-18-32(43(24)5)37-41-40-34-20-17-27(23-44(34)37)49-33-19-16-25(28-12-8-9-13-29(28)33)11-10-14-35(45)39-30-21-26(38(2,3)4)22-31(36(30)48-6)42-50(7,46)47/h8-9,12-13,17,20-25,32-33,42H,10-11,14-16,18-19H2,1-7H3,(H,39,45)/t24-,25-,32-,33+/m0/s1. The number of amides is 1. The van der Waals surface area contributed by atoms with Gasteiger partial charge in [-0.25, -0.2) is 8.42 Å². The van der Waals surface area contributed by atoms with Gasteiger partial charge in [-0.05, 0) is 105 Å². The zero-order valence-electron chi connectivity index (χ0n) is 30.2. The number of hydrogen-bond donors (Lipinski definition) is 2. The van der Waals surface area contributed by atoms with Crippen LogP contribution in [-0.4, -0.2) is 60.3 Å². The summed E-state index contributed by atoms with van der Waals surface area (Å²) in [5.74, 6) is 2.20. The summed E-state index contributed by atoms with van der Waals surface area (Å²) in [6.45, 7) is 8.35. The predicted octanol–water partition coefficient (Wildman–Crippen LogP) is 7.37. The van der Waals surface area contributed by atoms with E-state index in [1.165, 1.54) is 18.2 Å². The minimum atomic E-state index is -3.56. The molecule has 1 amide bonds. The van der Waals surface area contributed by atoms with Gasteiger partial charge < -0.3 is 14.8 Å². The van der Waals surface area contributed by atoms with Crippen LogP contribution in [0.4, 0.5) is 11.4 Å². The molecule has 268 valence electrons. The first kappa shape index (κ1) is 35.7. The van der Waals surface area contributed by atoms with Crippen LogP contribution in [0.1, 0.15) is 113 Å². The maximum Gasteiger partial charge on any atom is 0.229 e. The number of nitrogens with zero attached hydrogens (tertiary/aromatic N) is 4. The zero-order valence-corrected chi connectivity index (χ0v) is 31.0. The number of likely N-dealkylation sites (tertiary alicyclic amines) is 1. The number of carbonyl (C=O) groups is 1. The highest BCUT2D eigenvalue weighted by atomic mass is 32.2. The molecule has 3 heterocycles. The van der Waals surface area contributed by atoms with E-state index in [0.717, 1.165) is 61.1 Å². The molecule has 0 bridgehead atoms. The topological polar surface area (TPSA) is 127 Å². The monoisotopic (exact) mass is 702 g/mol. The van der Waals surface area contributed by atoms with Gasteiger partial charge in [0.15, 0.2) is 17.2 Å². The van der Waals surface area contributed by atoms with Crippen LogP contribution in [-0.2, 0) is 20.2 Å². The van der Waals surface area contributed by atoms with Crippen molar-refractivity contribution >= 4 is 33.0 Å². The van der Waals surface area contributed by atoms with E-state index in [0.29, 0.717) is 36.2 Å². The smallest absolute Gasteiger partial charge is 0.229 e. The third-order valence-electron chi connectivity index (χ3n) is 10.3. The third kappa shape index (κ3) is 7.76. The number of rotatable bonds is 11. The molecule has 2 aromatic carbocycles. The highest BCUT2D eigenvalue weighted by Gasteiger charge is 2.33. The minimum Gasteiger partial charge on any atom is -0.492 e. The molecule has 4 aromatic rings. The van der Waals surface area contributed by atoms with Gasteiger partial charge in [-0.1, -0.05) is 45.0 Å². The van der Waals surface area contributed by atoms with E-state index >= 15 is 0 Å². The van der Waals surface area contributed by atoms with Gasteiger partial charge in [0.25, 0.3) is 0 Å². The van der Waals surface area contributed by atoms with E-state index in [4.69, 9.17) is 9.47 Å². The molecule has 1 aliphatic heterocycles. The first-order valence-corrected chi connectivity index (χ1v) is 19.4. The molecular formula is C38H50N6O5S. The fourth-order valence-corrected chi connectivity index (χ4v) is 7.96. The van der Waals surface area contributed by atoms with Crippen molar-refractivity contribution in [2.24, 2.45) is 0 Å². The summed E-state index contributed by atoms with van der Waals surface area (Å²) in [7, 11) is 0.0587. The van der Waals surface area contributed by atoms with Gasteiger partial charge in [0, 0.05) is 12.5 Å². The lowest BCUT2D eigenvalue weighted by Gasteiger charge is -2.32. The van der Waals surface area contributed by atoms with Gasteiger partial charge in [-0.2, -0.15) is 0 Å². The molecule has 50 heavy (non-hydrogen) atoms. The summed E-state index contributed by atoms with van der Waals surface area (Å²) in [5.41, 5.74) is 4.61. The number of ether oxygens (including phenoxy) is 2. The van der Waals surface area contributed by atoms with Crippen LogP contribution >= 0.6 is 0 Å². The molecular weight excluding hydrogens is 653 g/mol. The average Bonchev–Trinajstić information content (AvgIpc) is 3.62. The van der Waals surface area contributed by atoms with Crippen molar-refractivity contribution in [2.75, 3.05) is 30.5 Å². The van der Waals surface area contributed by atoms with Crippen molar-refractivity contribution in [1.82, 2.24) is 19.5 Å². The first-order valence-electron chi connectivity index (χ1n) is 17.5. The summed E-state index contributed by atoms with van der Waals surface area (Å²) in [6, 6.07) is 16.8. The lowest BCUT2D eigenvalue weighted by atomic mass is 9.79. The van der Waals surface area contributed by atoms with Crippen molar-refractivity contribution in [3.05, 3.63) is 77.2 Å². The molecule has 2 aromatic heterocycles. The maximum atomic E-state index is 13.3. The lowest BCUT2D eigenvalue weighted by Crippen LogP contribution is -2.26. The van der Waals surface area contributed by atoms with E-state index in [9.17, 15) is 13.2 Å². The van der Waals surface area contributed by atoms with Crippen molar-refractivity contribution in [3.63, 3.8) is 0 Å². The summed E-state index contributed by atoms with van der Waals surface area (Å²) in [5, 5.41) is 12.0. The number of nitrogens with one attached hydrogen (secondary N) is 2. The van der Waals surface area contributed by atoms with Crippen LogP contribution in [0.15, 0.2) is 54.7 Å². The molecule has 1 fully saturated rings. The van der Waals surface area contributed by atoms with Crippen LogP contribution in [0.3, 0.4) is 0 Å². The van der Waals surface area contributed by atoms with Gasteiger partial charge in [-0.3, -0.25) is 18.8 Å². The Morgan fingerprint density at radius 2 is 1.74 bits per heavy atom. The van der Waals surface area contributed by atoms with Crippen LogP contribution in [0.2, 0.25) is 0 Å². The first-order chi connectivity index (χ1) is 23.7. The predicted molar refractivity (Wildman–Crippen MR) is 197 cm³/mol. The summed E-state index contributed by atoms with van der Waals surface area (Å²) in [4.78, 5) is 15.6. The molecule has 2 N–H and O–H groups in total. The maximum absolute atomic E-state index is 13.3. The van der Waals surface area contributed by atoms with Crippen molar-refractivity contribution in [2.45, 2.75) is 102 Å². The molecule has 4 atom stereocenters. The van der Waals surface area contributed by atoms with Crippen molar-refractivity contribution in [1.29, 1.82) is 0 Å². The van der Waals surface area contributed by atoms with Gasteiger partial charge in [0.1, 0.15) is 11.9 Å². The van der Waals surface area contributed by atoms with Crippen molar-refractivity contribution in [3.8, 4) is 11.5 Å². The minimum absolute atomic E-state index is 0.0744. The van der Waals surface area contributed by atoms with Crippen LogP contribution in [0.5, 0.6) is 11.5 Å². The number of carbonyl (C=O) groups excluding carboxylic acids is 1. The Bertz CT molecular complexity index is 1970. The second kappa shape index (κ2) is 14.2. The fourth-order valence-electron chi connectivity index (χ4n) is 7.41. The molecule has 12 heteroatoms. The van der Waals surface area contributed by atoms with Crippen LogP contribution in [0, 0.1) is 0 Å². The lowest BCUT2D eigenvalue weighted by molar-refractivity contribution is -0.116. The van der Waals surface area contributed by atoms with E-state index in [-0.39, 0.29) is 29.2 Å². The Morgan fingerprint density at radius 3 is 2.42 bits per heavy atom. The number of sulfonamides is 1. The molecule has 0 unspecified atom stereocenters. The Hall–Kier alpha value is -4.16. The van der Waals surface area contributed by atoms with Crippen molar-refractivity contribution < 1.29 is 22.7 Å². The summed E-state index contributed by atoms with van der Waals surface area (Å²) >= 11 is 0. The zero-order chi connectivity index (χ0) is 35.8. The number of methoxy groups -OCH3 is 1. The highest BCUT2D eigenvalue weighted by Crippen LogP contribution is 2.43. The molecule has 1 aliphatic carbocycles. The number of anilines is 2. The molecule has 0 saturated carbocycles. The Morgan fingerprint density at radius 1 is 1.00 bits per heavy atom. The SMILES string of the molecule is COc1c(NC(=O)CCC[C@H]2CC[C@@H](Oc3ccc4nnc([C@@H]5CC[C@H](C)N5C)n4c3)c3ccccc32)cc(C(C)(C)C)cc1NS(C)(=O)=O. The number of fused-ring (bicyclic) bond motifs is 2. The number of pyridine rings is 1. The van der Waals surface area contributed by atoms with Gasteiger partial charge in [-0.15, -0.1) is 10.2 Å². The third-order valence-corrected chi connectivity index (χ3v) is 10.9. The van der Waals surface area contributed by atoms with Crippen LogP contribution in [0.25, 0.3) is 5.65 Å². The number of benzene rings is 2. The normalized spacial score (nSPS) is 21.2. The summed E-state index contributed by atoms with van der Waals surface area (Å²) < 4.78 is 41.1. The Labute approximate surface area is 295 Å². The molecule has 0 spiro atoms. The molecule has 2 aliphatic rings. The second-order valence-corrected chi connectivity index (χ2v) is 16.7. The van der Waals surface area contributed by atoms with E-state index < -0.39 is 10.0 Å². The van der Waals surface area contributed by atoms with Gasteiger partial charge in [0.05, 0.1) is 37.0 Å². The molecule has 0 radical (unpaired) electrons. The van der Waals surface area contributed by atoms with Gasteiger partial charge >= 0.3 is 0 Å². The highest BCUT2D eigenvalue weighted by molar-refractivity contribution is 7.92. The van der Waals surface area contributed by atoms with E-state index in [1.54, 1.807) is 6.07 Å². The van der Waals surface area contributed by atoms with E-state index in [2.05, 4.69) is 67.8 Å². The Kier molecular flexibility index (Phi) is 10.1. The largest absolute Gasteiger partial charge is 0.492 e. The number of aromatic nitrogens is 3. The number of hydrogen-bond acceptors (Lipinski definition) is 8. The Balaban J connectivity index is 1.12. The average molecular weight is 703 g/mol. The van der Waals surface area contributed by atoms with Gasteiger partial charge in [0.2, 0.25) is 15.9 Å². The van der Waals surface area contributed by atoms with Crippen LogP contribution < -0.4 is 19.5 Å². The summed E-state index contributed by atoms with van der Waals surface area (Å²) in [6.07, 6.45) is 8.97. The molecule has 1 saturated heterocycles. The quantitative estimate of drug-likeness (QED) is 0.166. The van der Waals surface area contributed by atoms with E-state index in [1.807, 2.05) is 45.2 Å². The molecule has 11 nitrogen and oxygen atoms in total. The molecule has 6 rings (SSSR count). The second-order valence-electron chi connectivity index (χ2n) is 14.9. The fraction of sp³-hybridized carbons (Fsp3) is 0.500.